The van der Waals surface area contributed by atoms with Crippen LogP contribution in [0.3, 0.4) is 0 Å². The smallest absolute Gasteiger partial charge is 0.303 e. The number of fused-ring (bicyclic) bond motifs is 1. The number of ether oxygens (including phenoxy) is 2. The molecular formula is C15H20O5. The second kappa shape index (κ2) is 5.71. The highest BCUT2D eigenvalue weighted by Crippen LogP contribution is 2.37. The van der Waals surface area contributed by atoms with E-state index in [0.29, 0.717) is 36.7 Å². The Balaban J connectivity index is 2.09. The van der Waals surface area contributed by atoms with Gasteiger partial charge in [0, 0.05) is 0 Å². The van der Waals surface area contributed by atoms with E-state index in [9.17, 15) is 9.90 Å². The van der Waals surface area contributed by atoms with Crippen LogP contribution in [0.15, 0.2) is 18.2 Å². The first-order valence-electron chi connectivity index (χ1n) is 6.67. The quantitative estimate of drug-likeness (QED) is 0.866. The van der Waals surface area contributed by atoms with Crippen molar-refractivity contribution < 1.29 is 24.5 Å². The van der Waals surface area contributed by atoms with E-state index in [1.165, 1.54) is 0 Å². The molecule has 1 aromatic carbocycles. The summed E-state index contributed by atoms with van der Waals surface area (Å²) in [7, 11) is 0. The highest BCUT2D eigenvalue weighted by Gasteiger charge is 2.26. The summed E-state index contributed by atoms with van der Waals surface area (Å²) < 4.78 is 10.9. The maximum Gasteiger partial charge on any atom is 0.303 e. The van der Waals surface area contributed by atoms with Crippen LogP contribution >= 0.6 is 0 Å². The summed E-state index contributed by atoms with van der Waals surface area (Å²) in [5.41, 5.74) is 0.242. The van der Waals surface area contributed by atoms with Crippen LogP contribution in [-0.2, 0) is 4.79 Å². The van der Waals surface area contributed by atoms with E-state index in [-0.39, 0.29) is 6.42 Å². The van der Waals surface area contributed by atoms with Crippen molar-refractivity contribution in [1.29, 1.82) is 0 Å². The van der Waals surface area contributed by atoms with Crippen LogP contribution in [0.25, 0.3) is 0 Å². The summed E-state index contributed by atoms with van der Waals surface area (Å²) in [6.45, 7) is 4.70. The Hall–Kier alpha value is -1.75. The predicted molar refractivity (Wildman–Crippen MR) is 73.0 cm³/mol. The Morgan fingerprint density at radius 2 is 1.95 bits per heavy atom. The van der Waals surface area contributed by atoms with Crippen LogP contribution < -0.4 is 9.47 Å². The van der Waals surface area contributed by atoms with E-state index in [2.05, 4.69) is 0 Å². The monoisotopic (exact) mass is 280 g/mol. The van der Waals surface area contributed by atoms with Gasteiger partial charge in [-0.05, 0) is 29.5 Å². The number of hydrogen-bond acceptors (Lipinski definition) is 4. The standard InChI is InChI=1S/C15H20O5/c1-15(2,9-14(17)18)8-11(16)10-3-4-12-13(7-10)20-6-5-19-12/h3-4,7,11,16H,5-6,8-9H2,1-2H3,(H,17,18). The molecule has 1 aliphatic rings. The Bertz CT molecular complexity index is 495. The fraction of sp³-hybridized carbons (Fsp3) is 0.533. The number of benzene rings is 1. The summed E-state index contributed by atoms with van der Waals surface area (Å²) >= 11 is 0. The predicted octanol–water partition coefficient (Wildman–Crippen LogP) is 2.38. The summed E-state index contributed by atoms with van der Waals surface area (Å²) in [6.07, 6.45) is -0.326. The third kappa shape index (κ3) is 3.63. The summed E-state index contributed by atoms with van der Waals surface area (Å²) in [6, 6.07) is 5.32. The third-order valence-corrected chi connectivity index (χ3v) is 3.33. The Labute approximate surface area is 118 Å². The van der Waals surface area contributed by atoms with Crippen LogP contribution in [0.5, 0.6) is 11.5 Å². The summed E-state index contributed by atoms with van der Waals surface area (Å²) in [5, 5.41) is 19.2. The average molecular weight is 280 g/mol. The lowest BCUT2D eigenvalue weighted by molar-refractivity contribution is -0.139. The van der Waals surface area contributed by atoms with Gasteiger partial charge in [-0.1, -0.05) is 19.9 Å². The molecule has 2 rings (SSSR count). The fourth-order valence-corrected chi connectivity index (χ4v) is 2.39. The lowest BCUT2D eigenvalue weighted by Gasteiger charge is -2.26. The first-order chi connectivity index (χ1) is 9.37. The van der Waals surface area contributed by atoms with Gasteiger partial charge in [0.2, 0.25) is 0 Å². The van der Waals surface area contributed by atoms with Crippen LogP contribution in [0.2, 0.25) is 0 Å². The molecule has 0 aliphatic carbocycles. The van der Waals surface area contributed by atoms with Crippen LogP contribution in [-0.4, -0.2) is 29.4 Å². The molecule has 1 aliphatic heterocycles. The number of carboxylic acid groups (broad SMARTS) is 1. The molecule has 0 fully saturated rings. The van der Waals surface area contributed by atoms with Gasteiger partial charge in [-0.15, -0.1) is 0 Å². The normalized spacial score (nSPS) is 15.8. The zero-order chi connectivity index (χ0) is 14.8. The topological polar surface area (TPSA) is 76.0 Å². The molecule has 0 amide bonds. The van der Waals surface area contributed by atoms with E-state index in [4.69, 9.17) is 14.6 Å². The van der Waals surface area contributed by atoms with Gasteiger partial charge in [0.05, 0.1) is 12.5 Å². The zero-order valence-corrected chi connectivity index (χ0v) is 11.8. The van der Waals surface area contributed by atoms with Crippen molar-refractivity contribution in [3.63, 3.8) is 0 Å². The van der Waals surface area contributed by atoms with Gasteiger partial charge in [0.1, 0.15) is 13.2 Å². The zero-order valence-electron chi connectivity index (χ0n) is 11.8. The molecule has 0 spiro atoms. The fourth-order valence-electron chi connectivity index (χ4n) is 2.39. The second-order valence-corrected chi connectivity index (χ2v) is 5.86. The van der Waals surface area contributed by atoms with E-state index >= 15 is 0 Å². The van der Waals surface area contributed by atoms with E-state index < -0.39 is 17.5 Å². The van der Waals surface area contributed by atoms with Crippen molar-refractivity contribution in [2.24, 2.45) is 5.41 Å². The number of aliphatic carboxylic acids is 1. The summed E-state index contributed by atoms with van der Waals surface area (Å²) in [5.74, 6) is 0.449. The number of hydrogen-bond donors (Lipinski definition) is 2. The molecule has 5 heteroatoms. The third-order valence-electron chi connectivity index (χ3n) is 3.33. The molecule has 0 saturated heterocycles. The van der Waals surface area contributed by atoms with Gasteiger partial charge < -0.3 is 19.7 Å². The molecule has 110 valence electrons. The minimum absolute atomic E-state index is 0.0224. The highest BCUT2D eigenvalue weighted by atomic mass is 16.6. The van der Waals surface area contributed by atoms with Gasteiger partial charge in [0.25, 0.3) is 0 Å². The molecule has 0 bridgehead atoms. The maximum absolute atomic E-state index is 10.8. The van der Waals surface area contributed by atoms with E-state index in [1.54, 1.807) is 18.2 Å². The lowest BCUT2D eigenvalue weighted by atomic mass is 9.82. The van der Waals surface area contributed by atoms with Gasteiger partial charge in [-0.3, -0.25) is 4.79 Å². The number of carboxylic acids is 1. The van der Waals surface area contributed by atoms with Crippen molar-refractivity contribution in [3.8, 4) is 11.5 Å². The number of carbonyl (C=O) groups is 1. The molecular weight excluding hydrogens is 260 g/mol. The SMILES string of the molecule is CC(C)(CC(=O)O)CC(O)c1ccc2c(c1)OCCO2. The molecule has 0 aromatic heterocycles. The molecule has 1 aromatic rings. The molecule has 20 heavy (non-hydrogen) atoms. The van der Waals surface area contributed by atoms with E-state index in [1.807, 2.05) is 13.8 Å². The lowest BCUT2D eigenvalue weighted by Crippen LogP contribution is -2.20. The van der Waals surface area contributed by atoms with Crippen molar-refractivity contribution in [2.45, 2.75) is 32.8 Å². The van der Waals surface area contributed by atoms with Gasteiger partial charge in [-0.25, -0.2) is 0 Å². The van der Waals surface area contributed by atoms with Gasteiger partial charge in [0.15, 0.2) is 11.5 Å². The minimum Gasteiger partial charge on any atom is -0.486 e. The molecule has 1 heterocycles. The molecule has 1 atom stereocenters. The van der Waals surface area contributed by atoms with Crippen LogP contribution in [0.4, 0.5) is 0 Å². The summed E-state index contributed by atoms with van der Waals surface area (Å²) in [4.78, 5) is 10.8. The van der Waals surface area contributed by atoms with E-state index in [0.717, 1.165) is 0 Å². The molecule has 2 N–H and O–H groups in total. The first kappa shape index (κ1) is 14.7. The van der Waals surface area contributed by atoms with Crippen LogP contribution in [0.1, 0.15) is 38.4 Å². The van der Waals surface area contributed by atoms with Crippen molar-refractivity contribution >= 4 is 5.97 Å². The van der Waals surface area contributed by atoms with Crippen molar-refractivity contribution in [3.05, 3.63) is 23.8 Å². The molecule has 1 unspecified atom stereocenters. The van der Waals surface area contributed by atoms with Crippen molar-refractivity contribution in [2.75, 3.05) is 13.2 Å². The largest absolute Gasteiger partial charge is 0.486 e. The first-order valence-corrected chi connectivity index (χ1v) is 6.67. The maximum atomic E-state index is 10.8. The average Bonchev–Trinajstić information content (AvgIpc) is 2.36. The molecule has 5 nitrogen and oxygen atoms in total. The van der Waals surface area contributed by atoms with Gasteiger partial charge in [-0.2, -0.15) is 0 Å². The number of rotatable bonds is 5. The minimum atomic E-state index is -0.857. The second-order valence-electron chi connectivity index (χ2n) is 5.86. The Morgan fingerprint density at radius 3 is 2.60 bits per heavy atom. The molecule has 0 saturated carbocycles. The highest BCUT2D eigenvalue weighted by molar-refractivity contribution is 5.67. The Morgan fingerprint density at radius 1 is 1.30 bits per heavy atom. The van der Waals surface area contributed by atoms with Crippen LogP contribution in [0, 0.1) is 5.41 Å². The molecule has 0 radical (unpaired) electrons. The van der Waals surface area contributed by atoms with Crippen molar-refractivity contribution in [1.82, 2.24) is 0 Å². The van der Waals surface area contributed by atoms with Gasteiger partial charge >= 0.3 is 5.97 Å². The number of aliphatic hydroxyl groups is 1. The number of aliphatic hydroxyl groups excluding tert-OH is 1. The Kier molecular flexibility index (Phi) is 4.18.